The number of aryl methyl sites for hydroxylation is 1. The van der Waals surface area contributed by atoms with Crippen LogP contribution in [0.1, 0.15) is 22.3 Å². The van der Waals surface area contributed by atoms with Crippen LogP contribution in [0.15, 0.2) is 55.6 Å². The van der Waals surface area contributed by atoms with E-state index in [4.69, 9.17) is 0 Å². The molecule has 0 spiro atoms. The molecule has 0 atom stereocenters. The molecule has 0 unspecified atom stereocenters. The summed E-state index contributed by atoms with van der Waals surface area (Å²) in [7, 11) is 0. The van der Waals surface area contributed by atoms with Gasteiger partial charge in [0, 0.05) is 31.0 Å². The van der Waals surface area contributed by atoms with E-state index in [0.29, 0.717) is 18.7 Å². The molecule has 1 N–H and O–H groups in total. The lowest BCUT2D eigenvalue weighted by molar-refractivity contribution is 0.0952. The summed E-state index contributed by atoms with van der Waals surface area (Å²) in [6.07, 6.45) is 9.48. The SMILES string of the molecule is O=C(NCCCn1ccnc1)c1ccc(Cn2cncn2)cc1. The normalized spacial score (nSPS) is 10.6. The third-order valence-corrected chi connectivity index (χ3v) is 3.47. The first-order valence-electron chi connectivity index (χ1n) is 7.46. The van der Waals surface area contributed by atoms with Crippen molar-refractivity contribution in [3.63, 3.8) is 0 Å². The van der Waals surface area contributed by atoms with Gasteiger partial charge in [-0.2, -0.15) is 5.10 Å². The molecule has 0 aliphatic heterocycles. The van der Waals surface area contributed by atoms with Crippen molar-refractivity contribution in [2.45, 2.75) is 19.5 Å². The second kappa shape index (κ2) is 7.35. The fourth-order valence-electron chi connectivity index (χ4n) is 2.25. The highest BCUT2D eigenvalue weighted by molar-refractivity contribution is 5.94. The molecule has 0 saturated heterocycles. The van der Waals surface area contributed by atoms with Gasteiger partial charge in [0.2, 0.25) is 0 Å². The van der Waals surface area contributed by atoms with Gasteiger partial charge in [-0.3, -0.25) is 4.79 Å². The van der Waals surface area contributed by atoms with Crippen LogP contribution < -0.4 is 5.32 Å². The molecule has 23 heavy (non-hydrogen) atoms. The highest BCUT2D eigenvalue weighted by atomic mass is 16.1. The second-order valence-corrected chi connectivity index (χ2v) is 5.20. The van der Waals surface area contributed by atoms with Gasteiger partial charge in [-0.1, -0.05) is 12.1 Å². The van der Waals surface area contributed by atoms with E-state index in [1.54, 1.807) is 23.5 Å². The van der Waals surface area contributed by atoms with Crippen molar-refractivity contribution in [3.05, 3.63) is 66.8 Å². The molecule has 0 fully saturated rings. The standard InChI is InChI=1S/C16H18N6O/c23-16(19-6-1-8-21-9-7-17-12-21)15-4-2-14(3-5-15)10-22-13-18-11-20-22/h2-5,7,9,11-13H,1,6,8,10H2,(H,19,23). The minimum Gasteiger partial charge on any atom is -0.352 e. The van der Waals surface area contributed by atoms with Gasteiger partial charge in [-0.25, -0.2) is 14.6 Å². The lowest BCUT2D eigenvalue weighted by Gasteiger charge is -2.07. The van der Waals surface area contributed by atoms with Crippen LogP contribution in [-0.2, 0) is 13.1 Å². The maximum Gasteiger partial charge on any atom is 0.251 e. The Morgan fingerprint density at radius 1 is 1.13 bits per heavy atom. The van der Waals surface area contributed by atoms with E-state index < -0.39 is 0 Å². The number of nitrogens with one attached hydrogen (secondary N) is 1. The average molecular weight is 310 g/mol. The molecule has 1 aromatic carbocycles. The molecule has 2 heterocycles. The van der Waals surface area contributed by atoms with Crippen LogP contribution in [0.3, 0.4) is 0 Å². The van der Waals surface area contributed by atoms with Crippen molar-refractivity contribution in [1.29, 1.82) is 0 Å². The zero-order valence-corrected chi connectivity index (χ0v) is 12.7. The number of carbonyl (C=O) groups is 1. The van der Waals surface area contributed by atoms with Gasteiger partial charge in [0.05, 0.1) is 12.9 Å². The predicted octanol–water partition coefficient (Wildman–Crippen LogP) is 1.34. The molecule has 1 amide bonds. The number of aromatic nitrogens is 5. The molecular formula is C16H18N6O. The maximum atomic E-state index is 12.1. The molecule has 0 aliphatic carbocycles. The van der Waals surface area contributed by atoms with Gasteiger partial charge >= 0.3 is 0 Å². The van der Waals surface area contributed by atoms with Crippen LogP contribution >= 0.6 is 0 Å². The first-order valence-corrected chi connectivity index (χ1v) is 7.46. The van der Waals surface area contributed by atoms with E-state index >= 15 is 0 Å². The third-order valence-electron chi connectivity index (χ3n) is 3.47. The number of hydrogen-bond donors (Lipinski definition) is 1. The summed E-state index contributed by atoms with van der Waals surface area (Å²) in [6, 6.07) is 7.53. The maximum absolute atomic E-state index is 12.1. The summed E-state index contributed by atoms with van der Waals surface area (Å²) in [6.45, 7) is 2.13. The van der Waals surface area contributed by atoms with Crippen molar-refractivity contribution in [2.75, 3.05) is 6.54 Å². The van der Waals surface area contributed by atoms with Crippen molar-refractivity contribution in [3.8, 4) is 0 Å². The average Bonchev–Trinajstić information content (AvgIpc) is 3.26. The van der Waals surface area contributed by atoms with Gasteiger partial charge in [0.1, 0.15) is 12.7 Å². The lowest BCUT2D eigenvalue weighted by atomic mass is 10.1. The number of imidazole rings is 1. The lowest BCUT2D eigenvalue weighted by Crippen LogP contribution is -2.25. The summed E-state index contributed by atoms with van der Waals surface area (Å²) in [5.41, 5.74) is 1.74. The number of amides is 1. The Morgan fingerprint density at radius 2 is 2.00 bits per heavy atom. The predicted molar refractivity (Wildman–Crippen MR) is 84.7 cm³/mol. The minimum absolute atomic E-state index is 0.0528. The van der Waals surface area contributed by atoms with Crippen molar-refractivity contribution < 1.29 is 4.79 Å². The Balaban J connectivity index is 1.45. The van der Waals surface area contributed by atoms with Crippen LogP contribution in [0.5, 0.6) is 0 Å². The highest BCUT2D eigenvalue weighted by Gasteiger charge is 2.05. The van der Waals surface area contributed by atoms with Crippen molar-refractivity contribution in [2.24, 2.45) is 0 Å². The summed E-state index contributed by atoms with van der Waals surface area (Å²) < 4.78 is 3.73. The Bertz CT molecular complexity index is 719. The molecule has 3 rings (SSSR count). The Labute approximate surface area is 134 Å². The topological polar surface area (TPSA) is 77.6 Å². The molecule has 2 aromatic heterocycles. The van der Waals surface area contributed by atoms with Crippen LogP contribution in [0.4, 0.5) is 0 Å². The second-order valence-electron chi connectivity index (χ2n) is 5.20. The van der Waals surface area contributed by atoms with E-state index in [1.165, 1.54) is 6.33 Å². The number of carbonyl (C=O) groups excluding carboxylic acids is 1. The molecule has 3 aromatic rings. The van der Waals surface area contributed by atoms with E-state index in [9.17, 15) is 4.79 Å². The summed E-state index contributed by atoms with van der Waals surface area (Å²) >= 11 is 0. The fourth-order valence-corrected chi connectivity index (χ4v) is 2.25. The molecular weight excluding hydrogens is 292 g/mol. The van der Waals surface area contributed by atoms with Crippen LogP contribution in [0, 0.1) is 0 Å². The number of rotatable bonds is 7. The smallest absolute Gasteiger partial charge is 0.251 e. The largest absolute Gasteiger partial charge is 0.352 e. The first kappa shape index (κ1) is 15.0. The van der Waals surface area contributed by atoms with E-state index in [2.05, 4.69) is 20.4 Å². The van der Waals surface area contributed by atoms with Gasteiger partial charge < -0.3 is 9.88 Å². The first-order chi connectivity index (χ1) is 11.3. The number of hydrogen-bond acceptors (Lipinski definition) is 4. The van der Waals surface area contributed by atoms with E-state index in [0.717, 1.165) is 18.5 Å². The van der Waals surface area contributed by atoms with Crippen molar-refractivity contribution >= 4 is 5.91 Å². The zero-order valence-electron chi connectivity index (χ0n) is 12.7. The van der Waals surface area contributed by atoms with E-state index in [-0.39, 0.29) is 5.91 Å². The van der Waals surface area contributed by atoms with E-state index in [1.807, 2.05) is 35.0 Å². The molecule has 118 valence electrons. The van der Waals surface area contributed by atoms with Crippen LogP contribution in [-0.4, -0.2) is 36.8 Å². The molecule has 0 radical (unpaired) electrons. The van der Waals surface area contributed by atoms with Gasteiger partial charge in [-0.05, 0) is 24.1 Å². The Hall–Kier alpha value is -2.96. The molecule has 0 saturated carbocycles. The van der Waals surface area contributed by atoms with Gasteiger partial charge in [0.15, 0.2) is 0 Å². The Morgan fingerprint density at radius 3 is 2.70 bits per heavy atom. The van der Waals surface area contributed by atoms with Crippen LogP contribution in [0.25, 0.3) is 0 Å². The quantitative estimate of drug-likeness (QED) is 0.668. The summed E-state index contributed by atoms with van der Waals surface area (Å²) in [4.78, 5) is 20.0. The summed E-state index contributed by atoms with van der Waals surface area (Å²) in [5, 5.41) is 6.99. The number of benzene rings is 1. The summed E-state index contributed by atoms with van der Waals surface area (Å²) in [5.74, 6) is -0.0528. The molecule has 7 heteroatoms. The molecule has 0 bridgehead atoms. The van der Waals surface area contributed by atoms with Crippen LogP contribution in [0.2, 0.25) is 0 Å². The monoisotopic (exact) mass is 310 g/mol. The molecule has 0 aliphatic rings. The zero-order chi connectivity index (χ0) is 15.9. The highest BCUT2D eigenvalue weighted by Crippen LogP contribution is 2.06. The Kier molecular flexibility index (Phi) is 4.78. The fraction of sp³-hybridized carbons (Fsp3) is 0.250. The third kappa shape index (κ3) is 4.26. The minimum atomic E-state index is -0.0528. The molecule has 7 nitrogen and oxygen atoms in total. The van der Waals surface area contributed by atoms with Gasteiger partial charge in [0.25, 0.3) is 5.91 Å². The number of nitrogens with zero attached hydrogens (tertiary/aromatic N) is 5. The van der Waals surface area contributed by atoms with Crippen molar-refractivity contribution in [1.82, 2.24) is 29.6 Å². The van der Waals surface area contributed by atoms with Gasteiger partial charge in [-0.15, -0.1) is 0 Å².